The number of nitrogens with one attached hydrogen (secondary N) is 1. The van der Waals surface area contributed by atoms with E-state index < -0.39 is 5.97 Å². The third kappa shape index (κ3) is 4.96. The first-order chi connectivity index (χ1) is 12.6. The second kappa shape index (κ2) is 8.68. The molecule has 2 aromatic rings. The molecule has 0 aliphatic heterocycles. The van der Waals surface area contributed by atoms with Crippen LogP contribution in [0, 0.1) is 0 Å². The zero-order valence-electron chi connectivity index (χ0n) is 14.3. The Balaban J connectivity index is 1.49. The Morgan fingerprint density at radius 2 is 2.04 bits per heavy atom. The van der Waals surface area contributed by atoms with Gasteiger partial charge < -0.3 is 10.1 Å². The minimum absolute atomic E-state index is 0.0202. The quantitative estimate of drug-likeness (QED) is 0.638. The summed E-state index contributed by atoms with van der Waals surface area (Å²) in [5.74, 6) is -0.861. The number of ether oxygens (including phenoxy) is 1. The average Bonchev–Trinajstić information content (AvgIpc) is 2.65. The third-order valence-electron chi connectivity index (χ3n) is 4.31. The first-order valence-corrected chi connectivity index (χ1v) is 8.97. The summed E-state index contributed by atoms with van der Waals surface area (Å²) in [7, 11) is 0. The summed E-state index contributed by atoms with van der Waals surface area (Å²) in [6.45, 7) is -0.294. The molecule has 0 unspecified atom stereocenters. The van der Waals surface area contributed by atoms with E-state index in [4.69, 9.17) is 16.3 Å². The number of carbonyl (C=O) groups is 2. The molecule has 134 valence electrons. The lowest BCUT2D eigenvalue weighted by Crippen LogP contribution is -2.34. The highest BCUT2D eigenvalue weighted by molar-refractivity contribution is 6.30. The van der Waals surface area contributed by atoms with Crippen molar-refractivity contribution in [3.05, 3.63) is 76.3 Å². The summed E-state index contributed by atoms with van der Waals surface area (Å²) in [5.41, 5.74) is 3.21. The predicted octanol–water partition coefficient (Wildman–Crippen LogP) is 4.09. The molecule has 1 aliphatic rings. The van der Waals surface area contributed by atoms with Crippen LogP contribution in [0.2, 0.25) is 5.02 Å². The van der Waals surface area contributed by atoms with Gasteiger partial charge in [0.25, 0.3) is 5.91 Å². The molecule has 5 heteroatoms. The molecular weight excluding hydrogens is 350 g/mol. The Morgan fingerprint density at radius 3 is 2.88 bits per heavy atom. The Kier molecular flexibility index (Phi) is 6.08. The van der Waals surface area contributed by atoms with Crippen LogP contribution in [0.4, 0.5) is 0 Å². The van der Waals surface area contributed by atoms with Crippen LogP contribution in [0.15, 0.2) is 54.6 Å². The van der Waals surface area contributed by atoms with Gasteiger partial charge in [0.2, 0.25) is 0 Å². The highest BCUT2D eigenvalue weighted by atomic mass is 35.5. The summed E-state index contributed by atoms with van der Waals surface area (Å²) in [5, 5.41) is 3.54. The minimum Gasteiger partial charge on any atom is -0.452 e. The number of esters is 1. The summed E-state index contributed by atoms with van der Waals surface area (Å²) in [6.07, 6.45) is 5.85. The van der Waals surface area contributed by atoms with Crippen LogP contribution in [0.3, 0.4) is 0 Å². The van der Waals surface area contributed by atoms with Crippen molar-refractivity contribution in [2.75, 3.05) is 6.61 Å². The van der Waals surface area contributed by atoms with Gasteiger partial charge in [0, 0.05) is 11.1 Å². The number of rotatable bonds is 5. The van der Waals surface area contributed by atoms with Crippen molar-refractivity contribution in [3.8, 4) is 0 Å². The largest absolute Gasteiger partial charge is 0.452 e. The van der Waals surface area contributed by atoms with Gasteiger partial charge in [-0.2, -0.15) is 0 Å². The monoisotopic (exact) mass is 369 g/mol. The molecule has 2 aromatic carbocycles. The summed E-state index contributed by atoms with van der Waals surface area (Å²) in [4.78, 5) is 23.9. The van der Waals surface area contributed by atoms with Gasteiger partial charge in [0.05, 0.1) is 6.04 Å². The topological polar surface area (TPSA) is 55.4 Å². The maximum atomic E-state index is 12.1. The van der Waals surface area contributed by atoms with E-state index in [-0.39, 0.29) is 18.6 Å². The first kappa shape index (κ1) is 18.2. The molecule has 0 saturated carbocycles. The Morgan fingerprint density at radius 1 is 1.19 bits per heavy atom. The molecule has 0 fully saturated rings. The van der Waals surface area contributed by atoms with Gasteiger partial charge in [-0.1, -0.05) is 48.0 Å². The van der Waals surface area contributed by atoms with E-state index in [1.807, 2.05) is 24.3 Å². The number of aryl methyl sites for hydroxylation is 1. The molecule has 26 heavy (non-hydrogen) atoms. The molecule has 0 radical (unpaired) electrons. The van der Waals surface area contributed by atoms with E-state index in [0.717, 1.165) is 30.4 Å². The van der Waals surface area contributed by atoms with Gasteiger partial charge in [-0.25, -0.2) is 4.79 Å². The molecule has 0 saturated heterocycles. The molecule has 0 bridgehead atoms. The van der Waals surface area contributed by atoms with Crippen molar-refractivity contribution in [1.82, 2.24) is 5.32 Å². The molecule has 0 spiro atoms. The second-order valence-electron chi connectivity index (χ2n) is 6.21. The van der Waals surface area contributed by atoms with Crippen molar-refractivity contribution in [2.45, 2.75) is 25.3 Å². The van der Waals surface area contributed by atoms with Crippen molar-refractivity contribution >= 4 is 29.6 Å². The number of halogens is 1. The average molecular weight is 370 g/mol. The molecule has 3 rings (SSSR count). The molecule has 1 aliphatic carbocycles. The van der Waals surface area contributed by atoms with E-state index in [0.29, 0.717) is 5.02 Å². The minimum atomic E-state index is -0.566. The van der Waals surface area contributed by atoms with Gasteiger partial charge >= 0.3 is 5.97 Å². The van der Waals surface area contributed by atoms with Crippen molar-refractivity contribution in [1.29, 1.82) is 0 Å². The molecule has 1 N–H and O–H groups in total. The standard InChI is InChI=1S/C21H20ClNO3/c22-17-8-3-5-15(13-17)11-12-21(25)26-14-20(24)23-19-10-4-7-16-6-1-2-9-18(16)19/h1-3,5-6,8-9,11-13,19H,4,7,10,14H2,(H,23,24)/b12-11+/t19-/m0/s1. The Hall–Kier alpha value is -2.59. The van der Waals surface area contributed by atoms with E-state index in [2.05, 4.69) is 11.4 Å². The summed E-state index contributed by atoms with van der Waals surface area (Å²) >= 11 is 5.89. The van der Waals surface area contributed by atoms with Crippen LogP contribution in [-0.4, -0.2) is 18.5 Å². The molecule has 0 heterocycles. The van der Waals surface area contributed by atoms with Crippen molar-refractivity contribution in [2.24, 2.45) is 0 Å². The Labute approximate surface area is 157 Å². The van der Waals surface area contributed by atoms with Crippen LogP contribution in [0.5, 0.6) is 0 Å². The van der Waals surface area contributed by atoms with Gasteiger partial charge in [-0.05, 0) is 54.2 Å². The van der Waals surface area contributed by atoms with Crippen LogP contribution in [-0.2, 0) is 20.7 Å². The van der Waals surface area contributed by atoms with Gasteiger partial charge in [0.15, 0.2) is 6.61 Å². The normalized spacial score (nSPS) is 16.1. The number of carbonyl (C=O) groups excluding carboxylic acids is 2. The number of hydrogen-bond acceptors (Lipinski definition) is 3. The molecular formula is C21H20ClNO3. The maximum Gasteiger partial charge on any atom is 0.331 e. The number of benzene rings is 2. The lowest BCUT2D eigenvalue weighted by molar-refractivity contribution is -0.144. The molecule has 4 nitrogen and oxygen atoms in total. The highest BCUT2D eigenvalue weighted by Gasteiger charge is 2.21. The summed E-state index contributed by atoms with van der Waals surface area (Å²) in [6, 6.07) is 15.2. The number of fused-ring (bicyclic) bond motifs is 1. The molecule has 1 amide bonds. The first-order valence-electron chi connectivity index (χ1n) is 8.59. The van der Waals surface area contributed by atoms with Crippen LogP contribution < -0.4 is 5.32 Å². The van der Waals surface area contributed by atoms with Crippen LogP contribution in [0.25, 0.3) is 6.08 Å². The Bertz CT molecular complexity index is 832. The predicted molar refractivity (Wildman–Crippen MR) is 102 cm³/mol. The van der Waals surface area contributed by atoms with Gasteiger partial charge in [-0.15, -0.1) is 0 Å². The molecule has 0 aromatic heterocycles. The number of amides is 1. The fourth-order valence-corrected chi connectivity index (χ4v) is 3.30. The zero-order chi connectivity index (χ0) is 18.4. The SMILES string of the molecule is O=C(COC(=O)/C=C/c1cccc(Cl)c1)N[C@H]1CCCc2ccccc21. The van der Waals surface area contributed by atoms with Crippen molar-refractivity contribution in [3.63, 3.8) is 0 Å². The summed E-state index contributed by atoms with van der Waals surface area (Å²) < 4.78 is 5.01. The van der Waals surface area contributed by atoms with E-state index in [1.54, 1.807) is 24.3 Å². The maximum absolute atomic E-state index is 12.1. The van der Waals surface area contributed by atoms with E-state index in [1.165, 1.54) is 11.6 Å². The zero-order valence-corrected chi connectivity index (χ0v) is 15.0. The fraction of sp³-hybridized carbons (Fsp3) is 0.238. The second-order valence-corrected chi connectivity index (χ2v) is 6.64. The van der Waals surface area contributed by atoms with E-state index in [9.17, 15) is 9.59 Å². The molecule has 1 atom stereocenters. The smallest absolute Gasteiger partial charge is 0.331 e. The lowest BCUT2D eigenvalue weighted by atomic mass is 9.88. The lowest BCUT2D eigenvalue weighted by Gasteiger charge is -2.26. The van der Waals surface area contributed by atoms with E-state index >= 15 is 0 Å². The van der Waals surface area contributed by atoms with Gasteiger partial charge in [0.1, 0.15) is 0 Å². The van der Waals surface area contributed by atoms with Crippen molar-refractivity contribution < 1.29 is 14.3 Å². The van der Waals surface area contributed by atoms with Gasteiger partial charge in [-0.3, -0.25) is 4.79 Å². The highest BCUT2D eigenvalue weighted by Crippen LogP contribution is 2.29. The van der Waals surface area contributed by atoms with Crippen LogP contribution in [0.1, 0.15) is 35.6 Å². The fourth-order valence-electron chi connectivity index (χ4n) is 3.10. The third-order valence-corrected chi connectivity index (χ3v) is 4.55. The number of hydrogen-bond donors (Lipinski definition) is 1. The van der Waals surface area contributed by atoms with Crippen LogP contribution >= 0.6 is 11.6 Å².